The average Bonchev–Trinajstić information content (AvgIpc) is 3.47. The van der Waals surface area contributed by atoms with Crippen LogP contribution < -0.4 is 0 Å². The van der Waals surface area contributed by atoms with Crippen LogP contribution in [0.2, 0.25) is 0 Å². The fourth-order valence-electron chi connectivity index (χ4n) is 11.0. The number of carbonyl (C=O) groups excluding carboxylic acids is 3. The summed E-state index contributed by atoms with van der Waals surface area (Å²) in [5.41, 5.74) is 0. The highest BCUT2D eigenvalue weighted by Gasteiger charge is 2.19. The molecule has 1 atom stereocenters. The third kappa shape index (κ3) is 68.0. The van der Waals surface area contributed by atoms with Crippen LogP contribution in [0.4, 0.5) is 0 Å². The smallest absolute Gasteiger partial charge is 0.306 e. The van der Waals surface area contributed by atoms with Gasteiger partial charge in [0.2, 0.25) is 0 Å². The van der Waals surface area contributed by atoms with E-state index in [-0.39, 0.29) is 31.1 Å². The Kier molecular flexibility index (Phi) is 67.6. The van der Waals surface area contributed by atoms with Crippen LogP contribution in [-0.2, 0) is 28.6 Å². The van der Waals surface area contributed by atoms with Crippen LogP contribution in [0.15, 0.2) is 48.6 Å². The van der Waals surface area contributed by atoms with E-state index in [0.29, 0.717) is 19.3 Å². The highest BCUT2D eigenvalue weighted by atomic mass is 16.6. The molecule has 0 aliphatic heterocycles. The van der Waals surface area contributed by atoms with Crippen LogP contribution in [0.5, 0.6) is 0 Å². The van der Waals surface area contributed by atoms with Gasteiger partial charge in [0.1, 0.15) is 13.2 Å². The molecule has 0 radical (unpaired) electrons. The second kappa shape index (κ2) is 69.9. The summed E-state index contributed by atoms with van der Waals surface area (Å²) in [6, 6.07) is 0. The molecule has 0 aromatic rings. The van der Waals surface area contributed by atoms with Crippen molar-refractivity contribution in [2.75, 3.05) is 13.2 Å². The molecule has 0 saturated heterocycles. The van der Waals surface area contributed by atoms with E-state index in [1.807, 2.05) is 0 Å². The standard InChI is InChI=1S/C75H138O6/c1-4-7-10-13-16-19-22-24-26-28-30-31-32-33-34-35-36-37-38-39-40-41-42-43-44-46-47-49-51-53-56-59-62-65-68-74(77)80-71-72(70-79-73(76)67-64-61-58-55-21-18-15-12-9-6-3)81-75(78)69-66-63-60-57-54-52-50-48-45-29-27-25-23-20-17-14-11-8-5-2/h8,11,17,20,25,27,45,48,72H,4-7,9-10,12-16,18-19,21-24,26,28-44,46-47,49-71H2,1-3H3/b11-8-,20-17-,27-25-,48-45-. The molecule has 1 unspecified atom stereocenters. The largest absolute Gasteiger partial charge is 0.462 e. The molecule has 0 saturated carbocycles. The minimum absolute atomic E-state index is 0.0744. The van der Waals surface area contributed by atoms with Gasteiger partial charge in [0.15, 0.2) is 6.10 Å². The molecule has 6 nitrogen and oxygen atoms in total. The Morgan fingerprint density at radius 3 is 0.753 bits per heavy atom. The first-order valence-corrected chi connectivity index (χ1v) is 36.1. The zero-order valence-corrected chi connectivity index (χ0v) is 54.6. The molecule has 0 aromatic carbocycles. The normalized spacial score (nSPS) is 12.3. The number of hydrogen-bond donors (Lipinski definition) is 0. The Balaban J connectivity index is 4.04. The highest BCUT2D eigenvalue weighted by molar-refractivity contribution is 5.71. The molecule has 0 rings (SSSR count). The van der Waals surface area contributed by atoms with E-state index in [1.165, 1.54) is 257 Å². The summed E-state index contributed by atoms with van der Waals surface area (Å²) in [6.45, 7) is 6.57. The lowest BCUT2D eigenvalue weighted by Gasteiger charge is -2.18. The number of hydrogen-bond acceptors (Lipinski definition) is 6. The zero-order chi connectivity index (χ0) is 58.5. The minimum atomic E-state index is -0.778. The fourth-order valence-corrected chi connectivity index (χ4v) is 11.0. The molecule has 0 N–H and O–H groups in total. The minimum Gasteiger partial charge on any atom is -0.462 e. The average molecular weight is 1140 g/mol. The number of ether oxygens (including phenoxy) is 3. The van der Waals surface area contributed by atoms with Gasteiger partial charge >= 0.3 is 17.9 Å². The van der Waals surface area contributed by atoms with Crippen LogP contribution >= 0.6 is 0 Å². The van der Waals surface area contributed by atoms with E-state index in [1.54, 1.807) is 0 Å². The van der Waals surface area contributed by atoms with Crippen molar-refractivity contribution in [3.05, 3.63) is 48.6 Å². The van der Waals surface area contributed by atoms with Crippen LogP contribution in [0.1, 0.15) is 393 Å². The second-order valence-corrected chi connectivity index (χ2v) is 24.5. The van der Waals surface area contributed by atoms with E-state index >= 15 is 0 Å². The summed E-state index contributed by atoms with van der Waals surface area (Å²) >= 11 is 0. The van der Waals surface area contributed by atoms with Crippen LogP contribution in [0, 0.1) is 0 Å². The second-order valence-electron chi connectivity index (χ2n) is 24.5. The van der Waals surface area contributed by atoms with Crippen molar-refractivity contribution >= 4 is 17.9 Å². The molecule has 81 heavy (non-hydrogen) atoms. The quantitative estimate of drug-likeness (QED) is 0.0261. The van der Waals surface area contributed by atoms with Crippen molar-refractivity contribution in [2.24, 2.45) is 0 Å². The van der Waals surface area contributed by atoms with Crippen molar-refractivity contribution in [3.63, 3.8) is 0 Å². The lowest BCUT2D eigenvalue weighted by Crippen LogP contribution is -2.30. The monoisotopic (exact) mass is 1140 g/mol. The number of unbranched alkanes of at least 4 members (excludes halogenated alkanes) is 48. The predicted molar refractivity (Wildman–Crippen MR) is 353 cm³/mol. The van der Waals surface area contributed by atoms with Gasteiger partial charge in [-0.15, -0.1) is 0 Å². The molecule has 0 spiro atoms. The first kappa shape index (κ1) is 78.4. The van der Waals surface area contributed by atoms with E-state index in [4.69, 9.17) is 14.2 Å². The number of rotatable bonds is 67. The molecule has 6 heteroatoms. The summed E-state index contributed by atoms with van der Waals surface area (Å²) in [5, 5.41) is 0. The zero-order valence-electron chi connectivity index (χ0n) is 54.6. The van der Waals surface area contributed by atoms with Gasteiger partial charge in [0.25, 0.3) is 0 Å². The molecular weight excluding hydrogens is 997 g/mol. The number of carbonyl (C=O) groups is 3. The van der Waals surface area contributed by atoms with Crippen LogP contribution in [0.3, 0.4) is 0 Å². The summed E-state index contributed by atoms with van der Waals surface area (Å²) in [5.74, 6) is -0.867. The Labute approximate surface area is 505 Å². The SMILES string of the molecule is CC/C=C\C/C=C\C/C=C\C/C=C\CCCCCCCCC(=O)OC(COC(=O)CCCCCCCCCCCC)COC(=O)CCCCCCCCCCCCCCCCCCCCCCCCCCCCCCCCCCCC. The van der Waals surface area contributed by atoms with E-state index in [2.05, 4.69) is 69.4 Å². The molecule has 474 valence electrons. The molecule has 0 bridgehead atoms. The Morgan fingerprint density at radius 1 is 0.259 bits per heavy atom. The molecule has 0 fully saturated rings. The maximum Gasteiger partial charge on any atom is 0.306 e. The van der Waals surface area contributed by atoms with Gasteiger partial charge in [-0.1, -0.05) is 365 Å². The van der Waals surface area contributed by atoms with Crippen molar-refractivity contribution in [3.8, 4) is 0 Å². The molecule has 0 amide bonds. The third-order valence-electron chi connectivity index (χ3n) is 16.3. The lowest BCUT2D eigenvalue weighted by atomic mass is 10.0. The first-order valence-electron chi connectivity index (χ1n) is 36.1. The van der Waals surface area contributed by atoms with E-state index in [9.17, 15) is 14.4 Å². The molecular formula is C75H138O6. The number of allylic oxidation sites excluding steroid dienone is 8. The predicted octanol–water partition coefficient (Wildman–Crippen LogP) is 24.9. The highest BCUT2D eigenvalue weighted by Crippen LogP contribution is 2.19. The van der Waals surface area contributed by atoms with Gasteiger partial charge in [-0.2, -0.15) is 0 Å². The summed E-state index contributed by atoms with van der Waals surface area (Å²) in [4.78, 5) is 38.3. The first-order chi connectivity index (χ1) is 40.0. The van der Waals surface area contributed by atoms with Crippen LogP contribution in [0.25, 0.3) is 0 Å². The van der Waals surface area contributed by atoms with E-state index < -0.39 is 6.10 Å². The molecule has 0 aliphatic rings. The Bertz CT molecular complexity index is 1400. The van der Waals surface area contributed by atoms with Gasteiger partial charge in [0, 0.05) is 19.3 Å². The van der Waals surface area contributed by atoms with Gasteiger partial charge in [-0.05, 0) is 57.8 Å². The van der Waals surface area contributed by atoms with E-state index in [0.717, 1.165) is 96.3 Å². The Hall–Kier alpha value is -2.63. The van der Waals surface area contributed by atoms with Gasteiger partial charge in [-0.25, -0.2) is 0 Å². The third-order valence-corrected chi connectivity index (χ3v) is 16.3. The molecule has 0 aliphatic carbocycles. The van der Waals surface area contributed by atoms with Gasteiger partial charge in [0.05, 0.1) is 0 Å². The maximum atomic E-state index is 12.9. The van der Waals surface area contributed by atoms with Crippen LogP contribution in [-0.4, -0.2) is 37.2 Å². The van der Waals surface area contributed by atoms with Crippen molar-refractivity contribution in [1.29, 1.82) is 0 Å². The topological polar surface area (TPSA) is 78.9 Å². The summed E-state index contributed by atoms with van der Waals surface area (Å²) in [7, 11) is 0. The van der Waals surface area contributed by atoms with Crippen molar-refractivity contribution in [1.82, 2.24) is 0 Å². The summed E-state index contributed by atoms with van der Waals surface area (Å²) < 4.78 is 16.9. The maximum absolute atomic E-state index is 12.9. The van der Waals surface area contributed by atoms with Crippen molar-refractivity contribution < 1.29 is 28.6 Å². The lowest BCUT2D eigenvalue weighted by molar-refractivity contribution is -0.167. The Morgan fingerprint density at radius 2 is 0.481 bits per heavy atom. The summed E-state index contributed by atoms with van der Waals surface area (Å²) in [6.07, 6.45) is 88.9. The van der Waals surface area contributed by atoms with Gasteiger partial charge in [-0.3, -0.25) is 14.4 Å². The molecule has 0 heterocycles. The molecule has 0 aromatic heterocycles. The number of esters is 3. The van der Waals surface area contributed by atoms with Gasteiger partial charge < -0.3 is 14.2 Å². The van der Waals surface area contributed by atoms with Crippen molar-refractivity contribution in [2.45, 2.75) is 399 Å². The fraction of sp³-hybridized carbons (Fsp3) is 0.853.